The SMILES string of the molecule is NCC(=O)CNCOCC(N)=O. The van der Waals surface area contributed by atoms with Gasteiger partial charge in [0.2, 0.25) is 5.91 Å². The van der Waals surface area contributed by atoms with Gasteiger partial charge in [0, 0.05) is 0 Å². The molecule has 0 rings (SSSR count). The number of hydrogen-bond acceptors (Lipinski definition) is 5. The van der Waals surface area contributed by atoms with Crippen molar-refractivity contribution in [2.24, 2.45) is 11.5 Å². The lowest BCUT2D eigenvalue weighted by Gasteiger charge is -2.02. The van der Waals surface area contributed by atoms with E-state index < -0.39 is 5.91 Å². The Balaban J connectivity index is 3.11. The fourth-order valence-corrected chi connectivity index (χ4v) is 0.486. The van der Waals surface area contributed by atoms with E-state index in [1.807, 2.05) is 0 Å². The molecule has 0 aromatic rings. The first-order valence-corrected chi connectivity index (χ1v) is 3.45. The molecule has 0 bridgehead atoms. The molecule has 70 valence electrons. The maximum Gasteiger partial charge on any atom is 0.243 e. The number of nitrogens with two attached hydrogens (primary N) is 2. The van der Waals surface area contributed by atoms with Crippen LogP contribution in [0.1, 0.15) is 0 Å². The van der Waals surface area contributed by atoms with Gasteiger partial charge in [-0.2, -0.15) is 0 Å². The first-order chi connectivity index (χ1) is 5.66. The maximum absolute atomic E-state index is 10.6. The van der Waals surface area contributed by atoms with E-state index in [2.05, 4.69) is 5.32 Å². The molecule has 6 nitrogen and oxygen atoms in total. The van der Waals surface area contributed by atoms with Gasteiger partial charge in [0.1, 0.15) is 6.61 Å². The fraction of sp³-hybridized carbons (Fsp3) is 0.667. The smallest absolute Gasteiger partial charge is 0.243 e. The van der Waals surface area contributed by atoms with E-state index in [-0.39, 0.29) is 32.2 Å². The van der Waals surface area contributed by atoms with E-state index in [0.29, 0.717) is 0 Å². The van der Waals surface area contributed by atoms with Crippen LogP contribution in [0.2, 0.25) is 0 Å². The van der Waals surface area contributed by atoms with Gasteiger partial charge in [-0.25, -0.2) is 0 Å². The molecule has 0 aromatic heterocycles. The molecule has 5 N–H and O–H groups in total. The molecular weight excluding hydrogens is 162 g/mol. The van der Waals surface area contributed by atoms with Crippen LogP contribution in [0.15, 0.2) is 0 Å². The summed E-state index contributed by atoms with van der Waals surface area (Å²) < 4.78 is 4.71. The van der Waals surface area contributed by atoms with Crippen molar-refractivity contribution in [3.63, 3.8) is 0 Å². The molecule has 1 amide bonds. The Labute approximate surface area is 70.2 Å². The molecule has 0 spiro atoms. The Morgan fingerprint density at radius 1 is 1.42 bits per heavy atom. The van der Waals surface area contributed by atoms with E-state index in [1.54, 1.807) is 0 Å². The number of hydrogen-bond donors (Lipinski definition) is 3. The maximum atomic E-state index is 10.6. The average Bonchev–Trinajstić information content (AvgIpc) is 2.03. The summed E-state index contributed by atoms with van der Waals surface area (Å²) in [5.74, 6) is -0.653. The van der Waals surface area contributed by atoms with Gasteiger partial charge in [0.25, 0.3) is 0 Å². The van der Waals surface area contributed by atoms with Crippen LogP contribution in [0.5, 0.6) is 0 Å². The van der Waals surface area contributed by atoms with Gasteiger partial charge in [0.15, 0.2) is 5.78 Å². The monoisotopic (exact) mass is 175 g/mol. The largest absolute Gasteiger partial charge is 0.368 e. The summed E-state index contributed by atoms with van der Waals surface area (Å²) in [5.41, 5.74) is 9.81. The summed E-state index contributed by atoms with van der Waals surface area (Å²) in [6.07, 6.45) is 0. The lowest BCUT2D eigenvalue weighted by molar-refractivity contribution is -0.122. The molecule has 0 radical (unpaired) electrons. The number of carbonyl (C=O) groups is 2. The average molecular weight is 175 g/mol. The Morgan fingerprint density at radius 3 is 2.58 bits per heavy atom. The summed E-state index contributed by atoms with van der Waals surface area (Å²) in [5, 5.41) is 2.63. The van der Waals surface area contributed by atoms with Crippen molar-refractivity contribution < 1.29 is 14.3 Å². The van der Waals surface area contributed by atoms with Gasteiger partial charge in [-0.05, 0) is 0 Å². The number of ketones is 1. The molecule has 0 heterocycles. The normalized spacial score (nSPS) is 9.75. The minimum atomic E-state index is -0.540. The second-order valence-corrected chi connectivity index (χ2v) is 2.13. The number of ether oxygens (including phenoxy) is 1. The molecule has 0 fully saturated rings. The number of Topliss-reactive ketones (excluding diaryl/α,β-unsaturated/α-hetero) is 1. The van der Waals surface area contributed by atoms with Crippen LogP contribution in [0, 0.1) is 0 Å². The lowest BCUT2D eigenvalue weighted by Crippen LogP contribution is -2.31. The van der Waals surface area contributed by atoms with Crippen LogP contribution in [0.4, 0.5) is 0 Å². The highest BCUT2D eigenvalue weighted by molar-refractivity contribution is 5.82. The highest BCUT2D eigenvalue weighted by Crippen LogP contribution is 1.70. The van der Waals surface area contributed by atoms with Crippen molar-refractivity contribution in [2.45, 2.75) is 0 Å². The molecule has 12 heavy (non-hydrogen) atoms. The molecule has 0 unspecified atom stereocenters. The minimum Gasteiger partial charge on any atom is -0.368 e. The predicted molar refractivity (Wildman–Crippen MR) is 42.1 cm³/mol. The van der Waals surface area contributed by atoms with Crippen LogP contribution < -0.4 is 16.8 Å². The van der Waals surface area contributed by atoms with E-state index in [4.69, 9.17) is 16.2 Å². The lowest BCUT2D eigenvalue weighted by atomic mass is 10.4. The van der Waals surface area contributed by atoms with Crippen LogP contribution in [0.25, 0.3) is 0 Å². The summed E-state index contributed by atoms with van der Waals surface area (Å²) >= 11 is 0. The van der Waals surface area contributed by atoms with Crippen LogP contribution in [-0.4, -0.2) is 38.1 Å². The zero-order chi connectivity index (χ0) is 9.40. The number of amides is 1. The van der Waals surface area contributed by atoms with Crippen molar-refractivity contribution >= 4 is 11.7 Å². The first kappa shape index (κ1) is 11.0. The highest BCUT2D eigenvalue weighted by atomic mass is 16.5. The highest BCUT2D eigenvalue weighted by Gasteiger charge is 1.97. The van der Waals surface area contributed by atoms with Gasteiger partial charge in [0.05, 0.1) is 19.8 Å². The quantitative estimate of drug-likeness (QED) is 0.294. The fourth-order valence-electron chi connectivity index (χ4n) is 0.486. The molecule has 0 aliphatic heterocycles. The summed E-state index contributed by atoms with van der Waals surface area (Å²) in [6, 6.07) is 0. The second kappa shape index (κ2) is 6.71. The Bertz CT molecular complexity index is 160. The van der Waals surface area contributed by atoms with Crippen LogP contribution in [0.3, 0.4) is 0 Å². The van der Waals surface area contributed by atoms with Gasteiger partial charge in [-0.1, -0.05) is 0 Å². The summed E-state index contributed by atoms with van der Waals surface area (Å²) in [4.78, 5) is 20.7. The van der Waals surface area contributed by atoms with E-state index in [1.165, 1.54) is 0 Å². The van der Waals surface area contributed by atoms with Crippen molar-refractivity contribution in [1.82, 2.24) is 5.32 Å². The molecule has 6 heteroatoms. The van der Waals surface area contributed by atoms with Gasteiger partial charge >= 0.3 is 0 Å². The molecule has 0 atom stereocenters. The Hall–Kier alpha value is -0.980. The zero-order valence-corrected chi connectivity index (χ0v) is 6.71. The third-order valence-corrected chi connectivity index (χ3v) is 0.998. The topological polar surface area (TPSA) is 107 Å². The third kappa shape index (κ3) is 7.13. The first-order valence-electron chi connectivity index (χ1n) is 3.45. The number of nitrogens with one attached hydrogen (secondary N) is 1. The Morgan fingerprint density at radius 2 is 2.08 bits per heavy atom. The minimum absolute atomic E-state index is 0.00280. The molecule has 0 saturated carbocycles. The standard InChI is InChI=1S/C6H13N3O3/c7-1-5(10)2-9-4-12-3-6(8)11/h9H,1-4,7H2,(H2,8,11). The molecular formula is C6H13N3O3. The van der Waals surface area contributed by atoms with Gasteiger partial charge < -0.3 is 16.2 Å². The molecule has 0 saturated heterocycles. The summed E-state index contributed by atoms with van der Waals surface area (Å²) in [6.45, 7) is 0.122. The number of carbonyl (C=O) groups excluding carboxylic acids is 2. The summed E-state index contributed by atoms with van der Waals surface area (Å²) in [7, 11) is 0. The zero-order valence-electron chi connectivity index (χ0n) is 6.71. The van der Waals surface area contributed by atoms with Crippen LogP contribution >= 0.6 is 0 Å². The van der Waals surface area contributed by atoms with Gasteiger partial charge in [-0.15, -0.1) is 0 Å². The van der Waals surface area contributed by atoms with Crippen molar-refractivity contribution in [2.75, 3.05) is 26.4 Å². The predicted octanol–water partition coefficient (Wildman–Crippen LogP) is -2.44. The van der Waals surface area contributed by atoms with E-state index >= 15 is 0 Å². The molecule has 0 aromatic carbocycles. The van der Waals surface area contributed by atoms with Crippen molar-refractivity contribution in [3.05, 3.63) is 0 Å². The van der Waals surface area contributed by atoms with Crippen molar-refractivity contribution in [3.8, 4) is 0 Å². The Kier molecular flexibility index (Phi) is 6.16. The number of primary amides is 1. The van der Waals surface area contributed by atoms with Crippen LogP contribution in [-0.2, 0) is 14.3 Å². The van der Waals surface area contributed by atoms with Crippen molar-refractivity contribution in [1.29, 1.82) is 0 Å². The van der Waals surface area contributed by atoms with E-state index in [9.17, 15) is 9.59 Å². The van der Waals surface area contributed by atoms with Gasteiger partial charge in [-0.3, -0.25) is 14.9 Å². The molecule has 0 aliphatic rings. The third-order valence-electron chi connectivity index (χ3n) is 0.998. The van der Waals surface area contributed by atoms with E-state index in [0.717, 1.165) is 0 Å². The second-order valence-electron chi connectivity index (χ2n) is 2.13. The molecule has 0 aliphatic carbocycles. The number of rotatable bonds is 7.